The van der Waals surface area contributed by atoms with Gasteiger partial charge < -0.3 is 0 Å². The molecule has 1 fully saturated rings. The first-order chi connectivity index (χ1) is 17.5. The molecule has 4 rings (SSSR count). The van der Waals surface area contributed by atoms with E-state index in [-0.39, 0.29) is 53.0 Å². The van der Waals surface area contributed by atoms with Crippen LogP contribution in [0.2, 0.25) is 5.02 Å². The number of hydrogen-bond acceptors (Lipinski definition) is 6. The minimum absolute atomic E-state index is 0.0138. The summed E-state index contributed by atoms with van der Waals surface area (Å²) in [4.78, 5) is 53.3. The van der Waals surface area contributed by atoms with Crippen molar-refractivity contribution < 1.29 is 23.7 Å². The Hall–Kier alpha value is -3.78. The number of aromatic nitrogens is 1. The fourth-order valence-electron chi connectivity index (χ4n) is 5.01. The molecule has 0 spiro atoms. The predicted molar refractivity (Wildman–Crippen MR) is 136 cm³/mol. The van der Waals surface area contributed by atoms with Gasteiger partial charge in [0.25, 0.3) is 5.69 Å². The van der Waals surface area contributed by atoms with Crippen LogP contribution in [0, 0.1) is 35.7 Å². The number of Topliss-reactive ketones (excluding diaryl/α,β-unsaturated/α-hetero) is 3. The van der Waals surface area contributed by atoms with Gasteiger partial charge in [0.2, 0.25) is 0 Å². The molecule has 2 aromatic carbocycles. The van der Waals surface area contributed by atoms with Crippen LogP contribution < -0.4 is 0 Å². The van der Waals surface area contributed by atoms with Crippen LogP contribution in [0.25, 0.3) is 11.3 Å². The maximum absolute atomic E-state index is 14.4. The largest absolute Gasteiger partial charge is 0.300 e. The summed E-state index contributed by atoms with van der Waals surface area (Å²) in [7, 11) is 0. The van der Waals surface area contributed by atoms with Crippen molar-refractivity contribution in [1.29, 1.82) is 0 Å². The van der Waals surface area contributed by atoms with E-state index in [1.165, 1.54) is 24.4 Å². The number of rotatable bonds is 8. The highest BCUT2D eigenvalue weighted by Gasteiger charge is 2.43. The lowest BCUT2D eigenvalue weighted by molar-refractivity contribution is -0.384. The van der Waals surface area contributed by atoms with E-state index in [1.54, 1.807) is 38.1 Å². The molecule has 0 radical (unpaired) electrons. The Morgan fingerprint density at radius 2 is 1.86 bits per heavy atom. The van der Waals surface area contributed by atoms with Gasteiger partial charge in [-0.2, -0.15) is 0 Å². The van der Waals surface area contributed by atoms with Crippen molar-refractivity contribution in [3.8, 4) is 11.3 Å². The molecule has 1 saturated carbocycles. The van der Waals surface area contributed by atoms with Crippen molar-refractivity contribution in [2.45, 2.75) is 45.4 Å². The van der Waals surface area contributed by atoms with Gasteiger partial charge in [0, 0.05) is 49.1 Å². The molecular weight excluding hydrogens is 499 g/mol. The van der Waals surface area contributed by atoms with Crippen LogP contribution in [0.15, 0.2) is 48.7 Å². The molecule has 2 atom stereocenters. The lowest BCUT2D eigenvalue weighted by atomic mass is 9.85. The lowest BCUT2D eigenvalue weighted by Gasteiger charge is -2.17. The van der Waals surface area contributed by atoms with E-state index in [0.29, 0.717) is 34.2 Å². The third-order valence-electron chi connectivity index (χ3n) is 6.71. The van der Waals surface area contributed by atoms with Gasteiger partial charge in [-0.3, -0.25) is 29.5 Å². The van der Waals surface area contributed by atoms with Crippen molar-refractivity contribution in [3.05, 3.63) is 91.9 Å². The Bertz CT molecular complexity index is 1410. The number of nitro groups is 1. The zero-order valence-electron chi connectivity index (χ0n) is 20.3. The highest BCUT2D eigenvalue weighted by molar-refractivity contribution is 6.30. The number of nitro benzene ring substituents is 1. The van der Waals surface area contributed by atoms with Crippen LogP contribution in [-0.4, -0.2) is 27.3 Å². The Balaban J connectivity index is 1.47. The normalized spacial score (nSPS) is 17.3. The topological polar surface area (TPSA) is 107 Å². The van der Waals surface area contributed by atoms with Gasteiger partial charge in [0.05, 0.1) is 9.95 Å². The molecule has 0 aliphatic heterocycles. The molecule has 2 unspecified atom stereocenters. The number of ketones is 3. The van der Waals surface area contributed by atoms with E-state index in [1.807, 2.05) is 0 Å². The minimum atomic E-state index is -0.966. The first-order valence-corrected chi connectivity index (χ1v) is 12.2. The Morgan fingerprint density at radius 1 is 1.16 bits per heavy atom. The van der Waals surface area contributed by atoms with E-state index >= 15 is 0 Å². The van der Waals surface area contributed by atoms with Crippen molar-refractivity contribution in [2.24, 2.45) is 5.92 Å². The van der Waals surface area contributed by atoms with Crippen molar-refractivity contribution in [2.75, 3.05) is 0 Å². The molecule has 0 N–H and O–H groups in total. The first-order valence-electron chi connectivity index (χ1n) is 11.8. The average Bonchev–Trinajstić information content (AvgIpc) is 3.10. The second kappa shape index (κ2) is 10.7. The molecule has 0 amide bonds. The Labute approximate surface area is 217 Å². The van der Waals surface area contributed by atoms with Crippen LogP contribution in [-0.2, 0) is 20.8 Å². The molecule has 7 nitrogen and oxygen atoms in total. The molecule has 0 saturated heterocycles. The molecule has 1 aliphatic carbocycles. The standard InChI is InChI=1S/C28H24ClFN2O5/c1-15-8-18(27-23(30)13-20(29)14-31-27)9-16(2)25(15)26-24(34)12-19(28(26)35)11-22(33)7-6-17-4-3-5-21(10-17)32(36)37/h3-5,8-10,13-14,19,26H,6-7,11-12H2,1-2H3. The Morgan fingerprint density at radius 3 is 2.51 bits per heavy atom. The number of carbonyl (C=O) groups is 3. The molecule has 37 heavy (non-hydrogen) atoms. The third kappa shape index (κ3) is 5.64. The van der Waals surface area contributed by atoms with Crippen LogP contribution >= 0.6 is 11.6 Å². The van der Waals surface area contributed by atoms with Crippen LogP contribution in [0.5, 0.6) is 0 Å². The Kier molecular flexibility index (Phi) is 7.59. The SMILES string of the molecule is Cc1cc(-c2ncc(Cl)cc2F)cc(C)c1C1C(=O)CC(CC(=O)CCc2cccc([N+](=O)[O-])c2)C1=O. The molecule has 3 aromatic rings. The van der Waals surface area contributed by atoms with Gasteiger partial charge in [0.15, 0.2) is 11.6 Å². The summed E-state index contributed by atoms with van der Waals surface area (Å²) in [5, 5.41) is 11.1. The van der Waals surface area contributed by atoms with Gasteiger partial charge in [-0.15, -0.1) is 0 Å². The second-order valence-corrected chi connectivity index (χ2v) is 9.82. The lowest BCUT2D eigenvalue weighted by Crippen LogP contribution is -2.19. The number of hydrogen-bond donors (Lipinski definition) is 0. The van der Waals surface area contributed by atoms with Gasteiger partial charge in [0.1, 0.15) is 23.2 Å². The van der Waals surface area contributed by atoms with Crippen molar-refractivity contribution in [3.63, 3.8) is 0 Å². The molecule has 1 aliphatic rings. The minimum Gasteiger partial charge on any atom is -0.300 e. The molecule has 9 heteroatoms. The van der Waals surface area contributed by atoms with Crippen LogP contribution in [0.1, 0.15) is 47.4 Å². The second-order valence-electron chi connectivity index (χ2n) is 9.38. The molecule has 0 bridgehead atoms. The van der Waals surface area contributed by atoms with Crippen LogP contribution in [0.4, 0.5) is 10.1 Å². The number of carbonyl (C=O) groups excluding carboxylic acids is 3. The summed E-state index contributed by atoms with van der Waals surface area (Å²) in [5.41, 5.74) is 3.16. The summed E-state index contributed by atoms with van der Waals surface area (Å²) in [6.45, 7) is 3.52. The van der Waals surface area contributed by atoms with E-state index in [0.717, 1.165) is 0 Å². The number of non-ortho nitro benzene ring substituents is 1. The summed E-state index contributed by atoms with van der Waals surface area (Å²) in [6.07, 6.45) is 1.72. The van der Waals surface area contributed by atoms with E-state index in [4.69, 9.17) is 11.6 Å². The highest BCUT2D eigenvalue weighted by Crippen LogP contribution is 2.39. The van der Waals surface area contributed by atoms with Crippen molar-refractivity contribution in [1.82, 2.24) is 4.98 Å². The average molecular weight is 523 g/mol. The number of halogens is 2. The van der Waals surface area contributed by atoms with Gasteiger partial charge >= 0.3 is 0 Å². The summed E-state index contributed by atoms with van der Waals surface area (Å²) < 4.78 is 14.4. The zero-order chi connectivity index (χ0) is 26.9. The predicted octanol–water partition coefficient (Wildman–Crippen LogP) is 5.90. The number of aryl methyl sites for hydroxylation is 3. The van der Waals surface area contributed by atoms with Crippen molar-refractivity contribution >= 4 is 34.6 Å². The molecule has 1 heterocycles. The van der Waals surface area contributed by atoms with Crippen LogP contribution in [0.3, 0.4) is 0 Å². The van der Waals surface area contributed by atoms with Gasteiger partial charge in [-0.1, -0.05) is 23.7 Å². The first kappa shape index (κ1) is 26.3. The van der Waals surface area contributed by atoms with E-state index in [9.17, 15) is 28.9 Å². The highest BCUT2D eigenvalue weighted by atomic mass is 35.5. The quantitative estimate of drug-likeness (QED) is 0.207. The smallest absolute Gasteiger partial charge is 0.269 e. The monoisotopic (exact) mass is 522 g/mol. The zero-order valence-corrected chi connectivity index (χ0v) is 21.0. The fraction of sp³-hybridized carbons (Fsp3) is 0.286. The summed E-state index contributed by atoms with van der Waals surface area (Å²) in [5.74, 6) is -2.95. The van der Waals surface area contributed by atoms with Gasteiger partial charge in [-0.25, -0.2) is 4.39 Å². The molecule has 190 valence electrons. The maximum Gasteiger partial charge on any atom is 0.269 e. The third-order valence-corrected chi connectivity index (χ3v) is 6.91. The maximum atomic E-state index is 14.4. The van der Waals surface area contributed by atoms with E-state index < -0.39 is 22.6 Å². The van der Waals surface area contributed by atoms with E-state index in [2.05, 4.69) is 4.98 Å². The molecule has 1 aromatic heterocycles. The van der Waals surface area contributed by atoms with Gasteiger partial charge in [-0.05, 0) is 60.7 Å². The number of pyridine rings is 1. The number of benzene rings is 2. The summed E-state index contributed by atoms with van der Waals surface area (Å²) in [6, 6.07) is 10.6. The summed E-state index contributed by atoms with van der Waals surface area (Å²) >= 11 is 5.80. The fourth-order valence-corrected chi connectivity index (χ4v) is 5.16. The number of nitrogens with zero attached hydrogens (tertiary/aromatic N) is 2. The molecular formula is C28H24ClFN2O5.